The van der Waals surface area contributed by atoms with Crippen LogP contribution in [0.15, 0.2) is 60.7 Å². The van der Waals surface area contributed by atoms with E-state index in [1.165, 1.54) is 6.07 Å². The Morgan fingerprint density at radius 3 is 2.31 bits per heavy atom. The molecule has 2 unspecified atom stereocenters. The van der Waals surface area contributed by atoms with E-state index in [-0.39, 0.29) is 12.1 Å². The van der Waals surface area contributed by atoms with E-state index >= 15 is 0 Å². The number of hydrogen-bond donors (Lipinski definition) is 2. The van der Waals surface area contributed by atoms with Crippen LogP contribution in [0.25, 0.3) is 0 Å². The Morgan fingerprint density at radius 1 is 0.862 bits per heavy atom. The SMILES string of the molecule is COc1ccc(C(NC(C)c2ccc(F)c(F)c2)c2cccc(N)c2)c(OC)c1. The molecule has 3 aromatic rings. The number of anilines is 1. The third-order valence-electron chi connectivity index (χ3n) is 4.86. The molecular weight excluding hydrogens is 374 g/mol. The molecule has 0 saturated carbocycles. The first-order valence-corrected chi connectivity index (χ1v) is 9.21. The summed E-state index contributed by atoms with van der Waals surface area (Å²) in [7, 11) is 3.18. The van der Waals surface area contributed by atoms with Crippen molar-refractivity contribution < 1.29 is 18.3 Å². The number of nitrogen functional groups attached to an aromatic ring is 1. The van der Waals surface area contributed by atoms with Crippen LogP contribution in [0, 0.1) is 11.6 Å². The van der Waals surface area contributed by atoms with E-state index in [1.54, 1.807) is 26.4 Å². The summed E-state index contributed by atoms with van der Waals surface area (Å²) in [4.78, 5) is 0. The first-order chi connectivity index (χ1) is 13.9. The molecule has 3 N–H and O–H groups in total. The topological polar surface area (TPSA) is 56.5 Å². The second kappa shape index (κ2) is 8.92. The zero-order chi connectivity index (χ0) is 21.0. The van der Waals surface area contributed by atoms with Crippen molar-refractivity contribution in [3.05, 3.63) is 89.0 Å². The summed E-state index contributed by atoms with van der Waals surface area (Å²) in [6, 6.07) is 16.4. The fourth-order valence-electron chi connectivity index (χ4n) is 3.29. The van der Waals surface area contributed by atoms with Crippen molar-refractivity contribution in [1.29, 1.82) is 0 Å². The highest BCUT2D eigenvalue weighted by Crippen LogP contribution is 2.35. The van der Waals surface area contributed by atoms with Crippen LogP contribution in [-0.4, -0.2) is 14.2 Å². The van der Waals surface area contributed by atoms with Crippen molar-refractivity contribution in [1.82, 2.24) is 5.32 Å². The molecule has 0 radical (unpaired) electrons. The van der Waals surface area contributed by atoms with Crippen molar-refractivity contribution in [2.24, 2.45) is 0 Å². The maximum Gasteiger partial charge on any atom is 0.159 e. The molecule has 0 aliphatic carbocycles. The summed E-state index contributed by atoms with van der Waals surface area (Å²) in [5.74, 6) is -0.434. The molecule has 0 fully saturated rings. The van der Waals surface area contributed by atoms with Crippen LogP contribution in [0.5, 0.6) is 11.5 Å². The van der Waals surface area contributed by atoms with Gasteiger partial charge in [0, 0.05) is 23.4 Å². The number of ether oxygens (including phenoxy) is 2. The highest BCUT2D eigenvalue weighted by atomic mass is 19.2. The largest absolute Gasteiger partial charge is 0.497 e. The van der Waals surface area contributed by atoms with Crippen molar-refractivity contribution in [3.63, 3.8) is 0 Å². The van der Waals surface area contributed by atoms with Crippen molar-refractivity contribution in [2.75, 3.05) is 20.0 Å². The lowest BCUT2D eigenvalue weighted by Gasteiger charge is -2.26. The molecule has 0 spiro atoms. The zero-order valence-electron chi connectivity index (χ0n) is 16.6. The lowest BCUT2D eigenvalue weighted by molar-refractivity contribution is 0.385. The minimum atomic E-state index is -0.876. The van der Waals surface area contributed by atoms with Crippen LogP contribution in [0.1, 0.15) is 35.7 Å². The standard InChI is InChI=1S/C23H24F2N2O2/c1-14(15-7-10-20(24)21(25)12-15)27-23(16-5-4-6-17(26)11-16)19-9-8-18(28-2)13-22(19)29-3/h4-14,23,27H,26H2,1-3H3. The second-order valence-electron chi connectivity index (χ2n) is 6.77. The van der Waals surface area contributed by atoms with Crippen LogP contribution in [0.4, 0.5) is 14.5 Å². The predicted molar refractivity (Wildman–Crippen MR) is 110 cm³/mol. The van der Waals surface area contributed by atoms with E-state index in [4.69, 9.17) is 15.2 Å². The second-order valence-corrected chi connectivity index (χ2v) is 6.77. The van der Waals surface area contributed by atoms with E-state index < -0.39 is 11.6 Å². The summed E-state index contributed by atoms with van der Waals surface area (Å²) >= 11 is 0. The number of methoxy groups -OCH3 is 2. The van der Waals surface area contributed by atoms with Gasteiger partial charge in [-0.05, 0) is 54.4 Å². The highest BCUT2D eigenvalue weighted by Gasteiger charge is 2.22. The van der Waals surface area contributed by atoms with Crippen LogP contribution in [-0.2, 0) is 0 Å². The van der Waals surface area contributed by atoms with Gasteiger partial charge in [-0.15, -0.1) is 0 Å². The average Bonchev–Trinajstić information content (AvgIpc) is 2.73. The summed E-state index contributed by atoms with van der Waals surface area (Å²) in [6.45, 7) is 1.89. The van der Waals surface area contributed by atoms with Gasteiger partial charge in [-0.2, -0.15) is 0 Å². The first kappa shape index (κ1) is 20.6. The van der Waals surface area contributed by atoms with Crippen LogP contribution in [0.3, 0.4) is 0 Å². The van der Waals surface area contributed by atoms with Crippen molar-refractivity contribution in [3.8, 4) is 11.5 Å². The molecular formula is C23H24F2N2O2. The van der Waals surface area contributed by atoms with Gasteiger partial charge in [-0.25, -0.2) is 8.78 Å². The molecule has 0 aromatic heterocycles. The maximum absolute atomic E-state index is 13.7. The predicted octanol–water partition coefficient (Wildman–Crippen LogP) is 5.00. The van der Waals surface area contributed by atoms with Gasteiger partial charge < -0.3 is 15.2 Å². The molecule has 2 atom stereocenters. The lowest BCUT2D eigenvalue weighted by atomic mass is 9.95. The van der Waals surface area contributed by atoms with E-state index in [2.05, 4.69) is 5.32 Å². The third-order valence-corrected chi connectivity index (χ3v) is 4.86. The van der Waals surface area contributed by atoms with Gasteiger partial charge in [0.1, 0.15) is 11.5 Å². The minimum absolute atomic E-state index is 0.275. The molecule has 3 aromatic carbocycles. The highest BCUT2D eigenvalue weighted by molar-refractivity contribution is 5.49. The normalized spacial score (nSPS) is 13.0. The molecule has 0 saturated heterocycles. The molecule has 3 rings (SSSR count). The Labute approximate surface area is 169 Å². The molecule has 6 heteroatoms. The Balaban J connectivity index is 2.03. The molecule has 0 aliphatic rings. The molecule has 0 amide bonds. The van der Waals surface area contributed by atoms with Gasteiger partial charge in [-0.3, -0.25) is 5.32 Å². The number of benzene rings is 3. The summed E-state index contributed by atoms with van der Waals surface area (Å²) in [5.41, 5.74) is 9.04. The number of rotatable bonds is 7. The smallest absolute Gasteiger partial charge is 0.159 e. The quantitative estimate of drug-likeness (QED) is 0.550. The zero-order valence-corrected chi connectivity index (χ0v) is 16.6. The Kier molecular flexibility index (Phi) is 6.34. The molecule has 29 heavy (non-hydrogen) atoms. The van der Waals surface area contributed by atoms with E-state index in [1.807, 2.05) is 43.3 Å². The summed E-state index contributed by atoms with van der Waals surface area (Å²) < 4.78 is 37.9. The van der Waals surface area contributed by atoms with Crippen LogP contribution in [0.2, 0.25) is 0 Å². The lowest BCUT2D eigenvalue weighted by Crippen LogP contribution is -2.26. The Hall–Kier alpha value is -3.12. The van der Waals surface area contributed by atoms with Gasteiger partial charge >= 0.3 is 0 Å². The molecule has 0 aliphatic heterocycles. The third kappa shape index (κ3) is 4.66. The van der Waals surface area contributed by atoms with Crippen molar-refractivity contribution >= 4 is 5.69 Å². The van der Waals surface area contributed by atoms with E-state index in [0.717, 1.165) is 17.2 Å². The van der Waals surface area contributed by atoms with E-state index in [9.17, 15) is 8.78 Å². The van der Waals surface area contributed by atoms with Gasteiger partial charge in [0.05, 0.1) is 20.3 Å². The first-order valence-electron chi connectivity index (χ1n) is 9.21. The fourth-order valence-corrected chi connectivity index (χ4v) is 3.29. The number of nitrogens with one attached hydrogen (secondary N) is 1. The Morgan fingerprint density at radius 2 is 1.66 bits per heavy atom. The van der Waals surface area contributed by atoms with Gasteiger partial charge in [0.2, 0.25) is 0 Å². The van der Waals surface area contributed by atoms with Gasteiger partial charge in [0.25, 0.3) is 0 Å². The summed E-state index contributed by atoms with van der Waals surface area (Å²) in [5, 5.41) is 3.49. The molecule has 0 heterocycles. The van der Waals surface area contributed by atoms with Crippen LogP contribution < -0.4 is 20.5 Å². The monoisotopic (exact) mass is 398 g/mol. The maximum atomic E-state index is 13.7. The molecule has 152 valence electrons. The van der Waals surface area contributed by atoms with E-state index in [0.29, 0.717) is 22.7 Å². The number of hydrogen-bond acceptors (Lipinski definition) is 4. The molecule has 4 nitrogen and oxygen atoms in total. The van der Waals surface area contributed by atoms with Gasteiger partial charge in [0.15, 0.2) is 11.6 Å². The van der Waals surface area contributed by atoms with Crippen LogP contribution >= 0.6 is 0 Å². The molecule has 0 bridgehead atoms. The summed E-state index contributed by atoms with van der Waals surface area (Å²) in [6.07, 6.45) is 0. The number of halogens is 2. The number of nitrogens with two attached hydrogens (primary N) is 1. The van der Waals surface area contributed by atoms with Gasteiger partial charge in [-0.1, -0.05) is 18.2 Å². The average molecular weight is 398 g/mol. The van der Waals surface area contributed by atoms with Crippen molar-refractivity contribution in [2.45, 2.75) is 19.0 Å². The fraction of sp³-hybridized carbons (Fsp3) is 0.217. The minimum Gasteiger partial charge on any atom is -0.497 e. The Bertz CT molecular complexity index is 994.